The Hall–Kier alpha value is -1.47. The van der Waals surface area contributed by atoms with Crippen molar-refractivity contribution < 1.29 is 24.5 Å². The molecule has 128 valence electrons. The Labute approximate surface area is 139 Å². The number of carboxylic acids is 1. The summed E-state index contributed by atoms with van der Waals surface area (Å²) in [4.78, 5) is 24.2. The zero-order valence-electron chi connectivity index (χ0n) is 13.7. The number of hydrogen-bond acceptors (Lipinski definition) is 6. The maximum Gasteiger partial charge on any atom is 0.313 e. The molecule has 2 unspecified atom stereocenters. The molecule has 0 aliphatic heterocycles. The van der Waals surface area contributed by atoms with Crippen LogP contribution < -0.4 is 4.74 Å². The van der Waals surface area contributed by atoms with Gasteiger partial charge >= 0.3 is 5.97 Å². The molecule has 1 saturated carbocycles. The number of carbonyl (C=O) groups is 2. The van der Waals surface area contributed by atoms with Crippen molar-refractivity contribution >= 4 is 23.3 Å². The van der Waals surface area contributed by atoms with Crippen molar-refractivity contribution in [2.24, 2.45) is 11.3 Å². The number of aliphatic carboxylic acids is 1. The summed E-state index contributed by atoms with van der Waals surface area (Å²) < 4.78 is 9.77. The molecule has 0 aromatic carbocycles. The van der Waals surface area contributed by atoms with E-state index in [1.807, 2.05) is 6.92 Å². The standard InChI is InChI=1S/C16H23NO5S/c1-4-10-7-11(18)5-6-16(10,14(19)20)9-22-13-8-12(23-17-13)15(2,3)21/h8,10,21H,4-7,9H2,1-3H3,(H,19,20). The molecule has 2 N–H and O–H groups in total. The summed E-state index contributed by atoms with van der Waals surface area (Å²) in [6.45, 7) is 5.20. The molecular formula is C16H23NO5S. The average Bonchev–Trinajstić information content (AvgIpc) is 2.94. The SMILES string of the molecule is CCC1CC(=O)CCC1(COc1cc(C(C)(C)O)sn1)C(=O)O. The minimum atomic E-state index is -1.05. The summed E-state index contributed by atoms with van der Waals surface area (Å²) in [7, 11) is 0. The maximum absolute atomic E-state index is 11.9. The maximum atomic E-state index is 11.9. The Morgan fingerprint density at radius 3 is 2.78 bits per heavy atom. The number of ketones is 1. The summed E-state index contributed by atoms with van der Waals surface area (Å²) in [6, 6.07) is 1.63. The summed E-state index contributed by atoms with van der Waals surface area (Å²) >= 11 is 1.13. The molecule has 1 aromatic rings. The van der Waals surface area contributed by atoms with Gasteiger partial charge in [0.1, 0.15) is 17.8 Å². The lowest BCUT2D eigenvalue weighted by molar-refractivity contribution is -0.159. The second-order valence-corrected chi connectivity index (χ2v) is 7.49. The van der Waals surface area contributed by atoms with Gasteiger partial charge in [-0.05, 0) is 37.7 Å². The van der Waals surface area contributed by atoms with E-state index in [2.05, 4.69) is 4.37 Å². The number of hydrogen-bond donors (Lipinski definition) is 2. The summed E-state index contributed by atoms with van der Waals surface area (Å²) in [5, 5.41) is 19.7. The van der Waals surface area contributed by atoms with Crippen LogP contribution in [0.5, 0.6) is 5.88 Å². The number of Topliss-reactive ketones (excluding diaryl/α,β-unsaturated/α-hetero) is 1. The van der Waals surface area contributed by atoms with Gasteiger partial charge in [0.15, 0.2) is 0 Å². The molecule has 0 saturated heterocycles. The molecule has 0 spiro atoms. The van der Waals surface area contributed by atoms with Gasteiger partial charge in [-0.25, -0.2) is 0 Å². The van der Waals surface area contributed by atoms with Crippen LogP contribution in [0, 0.1) is 11.3 Å². The number of ether oxygens (including phenoxy) is 1. The van der Waals surface area contributed by atoms with Crippen LogP contribution in [0.3, 0.4) is 0 Å². The molecule has 7 heteroatoms. The first-order valence-electron chi connectivity index (χ1n) is 7.76. The van der Waals surface area contributed by atoms with E-state index in [9.17, 15) is 19.8 Å². The predicted molar refractivity (Wildman–Crippen MR) is 85.6 cm³/mol. The van der Waals surface area contributed by atoms with Crippen molar-refractivity contribution in [1.82, 2.24) is 4.37 Å². The van der Waals surface area contributed by atoms with Crippen LogP contribution in [0.2, 0.25) is 0 Å². The lowest BCUT2D eigenvalue weighted by Crippen LogP contribution is -2.47. The minimum Gasteiger partial charge on any atom is -0.481 e. The van der Waals surface area contributed by atoms with E-state index in [-0.39, 0.29) is 31.1 Å². The van der Waals surface area contributed by atoms with E-state index in [0.29, 0.717) is 23.6 Å². The van der Waals surface area contributed by atoms with Gasteiger partial charge in [0.2, 0.25) is 5.88 Å². The van der Waals surface area contributed by atoms with Crippen molar-refractivity contribution in [2.75, 3.05) is 6.61 Å². The van der Waals surface area contributed by atoms with E-state index < -0.39 is 17.0 Å². The van der Waals surface area contributed by atoms with Crippen LogP contribution in [-0.2, 0) is 15.2 Å². The summed E-state index contributed by atoms with van der Waals surface area (Å²) in [5.74, 6) is -0.713. The monoisotopic (exact) mass is 341 g/mol. The van der Waals surface area contributed by atoms with E-state index in [1.54, 1.807) is 19.9 Å². The first kappa shape index (κ1) is 17.9. The average molecular weight is 341 g/mol. The zero-order chi connectivity index (χ0) is 17.3. The first-order valence-corrected chi connectivity index (χ1v) is 8.54. The Morgan fingerprint density at radius 2 is 2.26 bits per heavy atom. The van der Waals surface area contributed by atoms with Crippen LogP contribution in [0.4, 0.5) is 0 Å². The van der Waals surface area contributed by atoms with Crippen LogP contribution in [0.25, 0.3) is 0 Å². The minimum absolute atomic E-state index is 0.0108. The van der Waals surface area contributed by atoms with E-state index in [4.69, 9.17) is 4.74 Å². The normalized spacial score (nSPS) is 25.4. The predicted octanol–water partition coefficient (Wildman–Crippen LogP) is 2.60. The second-order valence-electron chi connectivity index (χ2n) is 6.69. The zero-order valence-corrected chi connectivity index (χ0v) is 14.5. The lowest BCUT2D eigenvalue weighted by Gasteiger charge is -2.39. The fourth-order valence-electron chi connectivity index (χ4n) is 3.03. The highest BCUT2D eigenvalue weighted by Gasteiger charge is 2.49. The number of nitrogens with zero attached hydrogens (tertiary/aromatic N) is 1. The lowest BCUT2D eigenvalue weighted by atomic mass is 9.65. The number of rotatable bonds is 6. The fourth-order valence-corrected chi connectivity index (χ4v) is 3.70. The third-order valence-corrected chi connectivity index (χ3v) is 5.68. The smallest absolute Gasteiger partial charge is 0.313 e. The second kappa shape index (κ2) is 6.57. The molecule has 23 heavy (non-hydrogen) atoms. The largest absolute Gasteiger partial charge is 0.481 e. The Kier molecular flexibility index (Phi) is 5.10. The first-order chi connectivity index (χ1) is 10.7. The van der Waals surface area contributed by atoms with Crippen molar-refractivity contribution in [3.8, 4) is 5.88 Å². The molecule has 1 aromatic heterocycles. The van der Waals surface area contributed by atoms with Crippen molar-refractivity contribution in [3.63, 3.8) is 0 Å². The molecule has 1 aliphatic carbocycles. The van der Waals surface area contributed by atoms with Gasteiger partial charge in [0.05, 0.1) is 10.5 Å². The molecule has 2 rings (SSSR count). The van der Waals surface area contributed by atoms with Gasteiger partial charge in [-0.1, -0.05) is 13.3 Å². The van der Waals surface area contributed by atoms with Gasteiger partial charge in [0.25, 0.3) is 0 Å². The molecule has 1 fully saturated rings. The number of aromatic nitrogens is 1. The fraction of sp³-hybridized carbons (Fsp3) is 0.688. The van der Waals surface area contributed by atoms with Crippen LogP contribution in [0.1, 0.15) is 51.3 Å². The highest BCUT2D eigenvalue weighted by molar-refractivity contribution is 7.06. The van der Waals surface area contributed by atoms with Crippen LogP contribution >= 0.6 is 11.5 Å². The van der Waals surface area contributed by atoms with Crippen LogP contribution in [0.15, 0.2) is 6.07 Å². The van der Waals surface area contributed by atoms with Gasteiger partial charge in [-0.2, -0.15) is 4.37 Å². The van der Waals surface area contributed by atoms with Gasteiger partial charge in [-0.15, -0.1) is 0 Å². The number of carboxylic acid groups (broad SMARTS) is 1. The third-order valence-electron chi connectivity index (χ3n) is 4.59. The van der Waals surface area contributed by atoms with Crippen molar-refractivity contribution in [2.45, 2.75) is 52.1 Å². The number of carbonyl (C=O) groups excluding carboxylic acids is 1. The molecule has 2 atom stereocenters. The molecule has 0 bridgehead atoms. The Balaban J connectivity index is 2.15. The summed E-state index contributed by atoms with van der Waals surface area (Å²) in [6.07, 6.45) is 1.48. The van der Waals surface area contributed by atoms with Crippen LogP contribution in [-0.4, -0.2) is 32.9 Å². The highest BCUT2D eigenvalue weighted by Crippen LogP contribution is 2.43. The quantitative estimate of drug-likeness (QED) is 0.825. The molecule has 1 aliphatic rings. The third kappa shape index (κ3) is 3.72. The Bertz CT molecular complexity index is 592. The highest BCUT2D eigenvalue weighted by atomic mass is 32.1. The Morgan fingerprint density at radius 1 is 1.57 bits per heavy atom. The van der Waals surface area contributed by atoms with Crippen molar-refractivity contribution in [1.29, 1.82) is 0 Å². The van der Waals surface area contributed by atoms with Gasteiger partial charge < -0.3 is 14.9 Å². The number of aliphatic hydroxyl groups is 1. The molecular weight excluding hydrogens is 318 g/mol. The van der Waals surface area contributed by atoms with Gasteiger partial charge in [0, 0.05) is 18.9 Å². The topological polar surface area (TPSA) is 96.7 Å². The molecule has 1 heterocycles. The molecule has 6 nitrogen and oxygen atoms in total. The molecule has 0 radical (unpaired) electrons. The molecule has 0 amide bonds. The van der Waals surface area contributed by atoms with E-state index in [0.717, 1.165) is 11.5 Å². The van der Waals surface area contributed by atoms with Crippen molar-refractivity contribution in [3.05, 3.63) is 10.9 Å². The summed E-state index contributed by atoms with van der Waals surface area (Å²) in [5.41, 5.74) is -2.06. The van der Waals surface area contributed by atoms with Gasteiger partial charge in [-0.3, -0.25) is 9.59 Å². The van der Waals surface area contributed by atoms with E-state index in [1.165, 1.54) is 0 Å². The van der Waals surface area contributed by atoms with E-state index >= 15 is 0 Å².